The molecule has 21 heavy (non-hydrogen) atoms. The molecule has 0 spiro atoms. The number of nitrogen functional groups attached to an aromatic ring is 1. The van der Waals surface area contributed by atoms with E-state index >= 15 is 0 Å². The Morgan fingerprint density at radius 1 is 1.48 bits per heavy atom. The number of carbonyl (C=O) groups excluding carboxylic acids is 1. The fourth-order valence-corrected chi connectivity index (χ4v) is 3.14. The Bertz CT molecular complexity index is 507. The molecule has 0 aliphatic carbocycles. The van der Waals surface area contributed by atoms with E-state index in [0.717, 1.165) is 37.7 Å². The Labute approximate surface area is 130 Å². The molecule has 0 aromatic carbocycles. The summed E-state index contributed by atoms with van der Waals surface area (Å²) >= 11 is 1.40. The van der Waals surface area contributed by atoms with Gasteiger partial charge in [-0.2, -0.15) is 0 Å². The second kappa shape index (κ2) is 6.19. The zero-order chi connectivity index (χ0) is 15.6. The third-order valence-corrected chi connectivity index (χ3v) is 5.42. The Balaban J connectivity index is 2.20. The molecule has 1 aliphatic heterocycles. The SMILES string of the molecule is CCC(C)(C)N(C)C(=O)c1sc(N2CCNCC2)nc1N. The number of anilines is 2. The minimum absolute atomic E-state index is 0.0433. The van der Waals surface area contributed by atoms with Crippen molar-refractivity contribution in [1.29, 1.82) is 0 Å². The molecule has 1 aromatic rings. The highest BCUT2D eigenvalue weighted by Gasteiger charge is 2.30. The van der Waals surface area contributed by atoms with Crippen LogP contribution in [0.1, 0.15) is 36.9 Å². The highest BCUT2D eigenvalue weighted by atomic mass is 32.1. The van der Waals surface area contributed by atoms with Gasteiger partial charge < -0.3 is 20.9 Å². The summed E-state index contributed by atoms with van der Waals surface area (Å²) in [5, 5.41) is 4.15. The summed E-state index contributed by atoms with van der Waals surface area (Å²) in [5.41, 5.74) is 5.79. The number of piperazine rings is 1. The number of nitrogens with one attached hydrogen (secondary N) is 1. The van der Waals surface area contributed by atoms with Gasteiger partial charge in [-0.15, -0.1) is 0 Å². The Kier molecular flexibility index (Phi) is 4.73. The molecule has 118 valence electrons. The van der Waals surface area contributed by atoms with Crippen molar-refractivity contribution in [2.45, 2.75) is 32.7 Å². The lowest BCUT2D eigenvalue weighted by molar-refractivity contribution is 0.0626. The van der Waals surface area contributed by atoms with Crippen LogP contribution in [0.3, 0.4) is 0 Å². The third kappa shape index (κ3) is 3.29. The maximum atomic E-state index is 12.7. The molecule has 0 saturated carbocycles. The first-order valence-electron chi connectivity index (χ1n) is 7.37. The zero-order valence-electron chi connectivity index (χ0n) is 13.3. The highest BCUT2D eigenvalue weighted by Crippen LogP contribution is 2.31. The molecule has 1 amide bonds. The number of thiazole rings is 1. The van der Waals surface area contributed by atoms with Crippen LogP contribution in [0, 0.1) is 0 Å². The molecule has 0 atom stereocenters. The van der Waals surface area contributed by atoms with E-state index in [1.807, 2.05) is 7.05 Å². The number of aromatic nitrogens is 1. The molecule has 1 saturated heterocycles. The summed E-state index contributed by atoms with van der Waals surface area (Å²) in [7, 11) is 1.83. The maximum Gasteiger partial charge on any atom is 0.268 e. The van der Waals surface area contributed by atoms with Crippen LogP contribution in [0.5, 0.6) is 0 Å². The molecule has 1 aromatic heterocycles. The number of carbonyl (C=O) groups is 1. The number of nitrogens with two attached hydrogens (primary N) is 1. The van der Waals surface area contributed by atoms with Gasteiger partial charge in [0.2, 0.25) is 0 Å². The van der Waals surface area contributed by atoms with Crippen LogP contribution in [0.15, 0.2) is 0 Å². The first kappa shape index (κ1) is 16.0. The van der Waals surface area contributed by atoms with Crippen molar-refractivity contribution >= 4 is 28.2 Å². The quantitative estimate of drug-likeness (QED) is 0.879. The third-order valence-electron chi connectivity index (χ3n) is 4.30. The van der Waals surface area contributed by atoms with Crippen LogP contribution in [0.25, 0.3) is 0 Å². The van der Waals surface area contributed by atoms with Crippen molar-refractivity contribution in [3.63, 3.8) is 0 Å². The van der Waals surface area contributed by atoms with Gasteiger partial charge in [0.15, 0.2) is 5.13 Å². The van der Waals surface area contributed by atoms with E-state index < -0.39 is 0 Å². The molecular weight excluding hydrogens is 286 g/mol. The van der Waals surface area contributed by atoms with E-state index in [2.05, 4.69) is 36.0 Å². The predicted molar refractivity (Wildman–Crippen MR) is 88.1 cm³/mol. The molecule has 0 unspecified atom stereocenters. The van der Waals surface area contributed by atoms with Gasteiger partial charge in [0.25, 0.3) is 5.91 Å². The predicted octanol–water partition coefficient (Wildman–Crippen LogP) is 1.40. The van der Waals surface area contributed by atoms with Gasteiger partial charge >= 0.3 is 0 Å². The summed E-state index contributed by atoms with van der Waals surface area (Å²) in [6, 6.07) is 0. The van der Waals surface area contributed by atoms with E-state index in [9.17, 15) is 4.79 Å². The summed E-state index contributed by atoms with van der Waals surface area (Å²) in [5.74, 6) is 0.301. The van der Waals surface area contributed by atoms with Crippen molar-refractivity contribution in [2.75, 3.05) is 43.9 Å². The number of amides is 1. The topological polar surface area (TPSA) is 74.5 Å². The molecule has 2 heterocycles. The van der Waals surface area contributed by atoms with E-state index in [-0.39, 0.29) is 11.4 Å². The van der Waals surface area contributed by atoms with Crippen molar-refractivity contribution in [3.05, 3.63) is 4.88 Å². The average molecular weight is 311 g/mol. The lowest BCUT2D eigenvalue weighted by atomic mass is 10.00. The fraction of sp³-hybridized carbons (Fsp3) is 0.714. The molecule has 3 N–H and O–H groups in total. The van der Waals surface area contributed by atoms with E-state index in [4.69, 9.17) is 5.73 Å². The van der Waals surface area contributed by atoms with Gasteiger partial charge in [-0.1, -0.05) is 18.3 Å². The smallest absolute Gasteiger partial charge is 0.268 e. The van der Waals surface area contributed by atoms with Crippen molar-refractivity contribution in [1.82, 2.24) is 15.2 Å². The van der Waals surface area contributed by atoms with Crippen molar-refractivity contribution in [2.24, 2.45) is 0 Å². The zero-order valence-corrected chi connectivity index (χ0v) is 14.1. The largest absolute Gasteiger partial charge is 0.382 e. The average Bonchev–Trinajstić information content (AvgIpc) is 2.88. The van der Waals surface area contributed by atoms with Crippen molar-refractivity contribution < 1.29 is 4.79 Å². The normalized spacial score (nSPS) is 16.1. The van der Waals surface area contributed by atoms with Crippen LogP contribution in [-0.4, -0.2) is 54.6 Å². The van der Waals surface area contributed by atoms with Crippen LogP contribution >= 0.6 is 11.3 Å². The summed E-state index contributed by atoms with van der Waals surface area (Å²) in [6.07, 6.45) is 0.888. The minimum atomic E-state index is -0.192. The fourth-order valence-electron chi connectivity index (χ4n) is 2.13. The second-order valence-electron chi connectivity index (χ2n) is 5.98. The Morgan fingerprint density at radius 3 is 2.67 bits per heavy atom. The molecule has 0 radical (unpaired) electrons. The molecule has 1 fully saturated rings. The van der Waals surface area contributed by atoms with Crippen LogP contribution < -0.4 is 16.0 Å². The number of hydrogen-bond acceptors (Lipinski definition) is 6. The van der Waals surface area contributed by atoms with Gasteiger partial charge in [-0.3, -0.25) is 4.79 Å². The minimum Gasteiger partial charge on any atom is -0.382 e. The number of rotatable bonds is 4. The molecule has 6 nitrogen and oxygen atoms in total. The van der Waals surface area contributed by atoms with Crippen LogP contribution in [0.2, 0.25) is 0 Å². The van der Waals surface area contributed by atoms with E-state index in [1.165, 1.54) is 11.3 Å². The number of nitrogens with zero attached hydrogens (tertiary/aromatic N) is 3. The molecule has 0 bridgehead atoms. The molecule has 1 aliphatic rings. The van der Waals surface area contributed by atoms with Crippen molar-refractivity contribution in [3.8, 4) is 0 Å². The first-order chi connectivity index (χ1) is 9.86. The van der Waals surface area contributed by atoms with Gasteiger partial charge in [0.1, 0.15) is 10.7 Å². The summed E-state index contributed by atoms with van der Waals surface area (Å²) in [6.45, 7) is 9.86. The first-order valence-corrected chi connectivity index (χ1v) is 8.18. The van der Waals surface area contributed by atoms with Crippen LogP contribution in [-0.2, 0) is 0 Å². The Morgan fingerprint density at radius 2 is 2.10 bits per heavy atom. The van der Waals surface area contributed by atoms with E-state index in [0.29, 0.717) is 10.7 Å². The molecule has 2 rings (SSSR count). The molecule has 7 heteroatoms. The monoisotopic (exact) mass is 311 g/mol. The van der Waals surface area contributed by atoms with E-state index in [1.54, 1.807) is 4.90 Å². The maximum absolute atomic E-state index is 12.7. The number of hydrogen-bond donors (Lipinski definition) is 2. The lowest BCUT2D eigenvalue weighted by Gasteiger charge is -2.34. The summed E-state index contributed by atoms with van der Waals surface area (Å²) in [4.78, 5) is 21.5. The Hall–Kier alpha value is -1.34. The lowest BCUT2D eigenvalue weighted by Crippen LogP contribution is -2.44. The molecular formula is C14H25N5OS. The highest BCUT2D eigenvalue weighted by molar-refractivity contribution is 7.18. The summed E-state index contributed by atoms with van der Waals surface area (Å²) < 4.78 is 0. The second-order valence-corrected chi connectivity index (χ2v) is 6.96. The van der Waals surface area contributed by atoms with Gasteiger partial charge in [-0.25, -0.2) is 4.98 Å². The van der Waals surface area contributed by atoms with Gasteiger partial charge in [0, 0.05) is 38.8 Å². The standard InChI is InChI=1S/C14H25N5OS/c1-5-14(2,3)18(4)12(20)10-11(15)17-13(21-10)19-8-6-16-7-9-19/h16H,5-9,15H2,1-4H3. The van der Waals surface area contributed by atoms with Gasteiger partial charge in [0.05, 0.1) is 0 Å². The van der Waals surface area contributed by atoms with Gasteiger partial charge in [-0.05, 0) is 20.3 Å². The van der Waals surface area contributed by atoms with Crippen LogP contribution in [0.4, 0.5) is 10.9 Å².